The van der Waals surface area contributed by atoms with Crippen molar-refractivity contribution < 1.29 is 4.39 Å². The number of rotatable bonds is 3. The molecule has 0 amide bonds. The summed E-state index contributed by atoms with van der Waals surface area (Å²) in [5, 5.41) is 12.2. The Morgan fingerprint density at radius 1 is 1.44 bits per heavy atom. The van der Waals surface area contributed by atoms with Crippen molar-refractivity contribution in [1.29, 1.82) is 5.26 Å². The third-order valence-corrected chi connectivity index (χ3v) is 3.22. The van der Waals surface area contributed by atoms with Crippen LogP contribution in [-0.4, -0.2) is 31.1 Å². The van der Waals surface area contributed by atoms with Gasteiger partial charge in [-0.25, -0.2) is 4.39 Å². The zero-order valence-electron chi connectivity index (χ0n) is 10.2. The summed E-state index contributed by atoms with van der Waals surface area (Å²) in [5.41, 5.74) is 1.01. The monoisotopic (exact) mass is 245 g/mol. The minimum Gasteiger partial charge on any atom is -0.314 e. The van der Waals surface area contributed by atoms with Gasteiger partial charge in [0.2, 0.25) is 0 Å². The fourth-order valence-corrected chi connectivity index (χ4v) is 2.27. The Labute approximate surface area is 107 Å². The van der Waals surface area contributed by atoms with Gasteiger partial charge in [0.05, 0.1) is 11.6 Å². The van der Waals surface area contributed by atoms with E-state index in [0.29, 0.717) is 0 Å². The number of hydrogen-bond donors (Lipinski definition) is 1. The molecule has 2 rings (SSSR count). The van der Waals surface area contributed by atoms with Gasteiger partial charge in [-0.15, -0.1) is 6.58 Å². The van der Waals surface area contributed by atoms with Crippen LogP contribution in [0, 0.1) is 17.1 Å². The summed E-state index contributed by atoms with van der Waals surface area (Å²) in [5.74, 6) is -0.468. The summed E-state index contributed by atoms with van der Waals surface area (Å²) < 4.78 is 13.3. The van der Waals surface area contributed by atoms with Crippen molar-refractivity contribution in [3.05, 3.63) is 47.8 Å². The van der Waals surface area contributed by atoms with E-state index >= 15 is 0 Å². The third-order valence-electron chi connectivity index (χ3n) is 3.22. The van der Waals surface area contributed by atoms with Crippen LogP contribution in [0.25, 0.3) is 0 Å². The van der Waals surface area contributed by atoms with Gasteiger partial charge in [-0.3, -0.25) is 4.90 Å². The van der Waals surface area contributed by atoms with Gasteiger partial charge < -0.3 is 5.32 Å². The molecule has 18 heavy (non-hydrogen) atoms. The summed E-state index contributed by atoms with van der Waals surface area (Å²) in [6, 6.07) is 6.61. The first-order valence-corrected chi connectivity index (χ1v) is 6.03. The number of nitrogens with one attached hydrogen (secondary N) is 1. The minimum atomic E-state index is -0.468. The molecule has 1 aromatic rings. The molecule has 1 aliphatic heterocycles. The second-order valence-electron chi connectivity index (χ2n) is 4.32. The summed E-state index contributed by atoms with van der Waals surface area (Å²) in [7, 11) is 0. The maximum Gasteiger partial charge on any atom is 0.140 e. The molecule has 1 atom stereocenters. The Bertz CT molecular complexity index is 472. The van der Waals surface area contributed by atoms with Crippen LogP contribution in [-0.2, 0) is 0 Å². The molecule has 1 fully saturated rings. The van der Waals surface area contributed by atoms with Crippen molar-refractivity contribution in [2.24, 2.45) is 0 Å². The quantitative estimate of drug-likeness (QED) is 0.826. The summed E-state index contributed by atoms with van der Waals surface area (Å²) in [6.07, 6.45) is 1.85. The van der Waals surface area contributed by atoms with Crippen molar-refractivity contribution in [3.63, 3.8) is 0 Å². The van der Waals surface area contributed by atoms with Gasteiger partial charge in [0.25, 0.3) is 0 Å². The fraction of sp³-hybridized carbons (Fsp3) is 0.357. The van der Waals surface area contributed by atoms with Gasteiger partial charge in [0.15, 0.2) is 0 Å². The molecule has 1 aliphatic rings. The summed E-state index contributed by atoms with van der Waals surface area (Å²) in [4.78, 5) is 2.28. The van der Waals surface area contributed by atoms with Crippen molar-refractivity contribution in [2.75, 3.05) is 26.2 Å². The van der Waals surface area contributed by atoms with E-state index in [-0.39, 0.29) is 11.6 Å². The SMILES string of the molecule is C=C[C@H](c1ccc(F)c(C#N)c1)N1CCNCC1. The zero-order chi connectivity index (χ0) is 13.0. The second kappa shape index (κ2) is 5.76. The molecule has 3 nitrogen and oxygen atoms in total. The first kappa shape index (κ1) is 12.7. The van der Waals surface area contributed by atoms with E-state index in [4.69, 9.17) is 5.26 Å². The number of piperazine rings is 1. The molecule has 0 unspecified atom stereocenters. The van der Waals surface area contributed by atoms with Crippen LogP contribution >= 0.6 is 0 Å². The molecule has 0 aliphatic carbocycles. The van der Waals surface area contributed by atoms with E-state index in [1.807, 2.05) is 12.1 Å². The highest BCUT2D eigenvalue weighted by atomic mass is 19.1. The van der Waals surface area contributed by atoms with Gasteiger partial charge in [-0.05, 0) is 17.7 Å². The maximum atomic E-state index is 13.3. The Hall–Kier alpha value is -1.70. The second-order valence-corrected chi connectivity index (χ2v) is 4.32. The Morgan fingerprint density at radius 2 is 2.17 bits per heavy atom. The van der Waals surface area contributed by atoms with Gasteiger partial charge >= 0.3 is 0 Å². The minimum absolute atomic E-state index is 0.0415. The van der Waals surface area contributed by atoms with Crippen molar-refractivity contribution in [1.82, 2.24) is 10.2 Å². The molecular weight excluding hydrogens is 229 g/mol. The van der Waals surface area contributed by atoms with E-state index in [2.05, 4.69) is 16.8 Å². The summed E-state index contributed by atoms with van der Waals surface area (Å²) in [6.45, 7) is 7.59. The molecule has 0 radical (unpaired) electrons. The van der Waals surface area contributed by atoms with E-state index in [1.165, 1.54) is 6.07 Å². The predicted molar refractivity (Wildman–Crippen MR) is 68.5 cm³/mol. The van der Waals surface area contributed by atoms with Gasteiger partial charge in [-0.2, -0.15) is 5.26 Å². The normalized spacial score (nSPS) is 18.0. The molecule has 4 heteroatoms. The van der Waals surface area contributed by atoms with E-state index < -0.39 is 5.82 Å². The number of hydrogen-bond acceptors (Lipinski definition) is 3. The van der Waals surface area contributed by atoms with Crippen molar-refractivity contribution in [3.8, 4) is 6.07 Å². The molecule has 0 aromatic heterocycles. The van der Waals surface area contributed by atoms with Crippen LogP contribution in [0.15, 0.2) is 30.9 Å². The van der Waals surface area contributed by atoms with Gasteiger partial charge in [0, 0.05) is 26.2 Å². The highest BCUT2D eigenvalue weighted by molar-refractivity contribution is 5.36. The Kier molecular flexibility index (Phi) is 4.08. The molecule has 1 heterocycles. The molecule has 0 spiro atoms. The van der Waals surface area contributed by atoms with Crippen LogP contribution in [0.1, 0.15) is 17.2 Å². The highest BCUT2D eigenvalue weighted by Crippen LogP contribution is 2.24. The third kappa shape index (κ3) is 2.58. The molecule has 1 saturated heterocycles. The van der Waals surface area contributed by atoms with Gasteiger partial charge in [-0.1, -0.05) is 12.1 Å². The highest BCUT2D eigenvalue weighted by Gasteiger charge is 2.20. The van der Waals surface area contributed by atoms with Gasteiger partial charge in [0.1, 0.15) is 11.9 Å². The average molecular weight is 245 g/mol. The van der Waals surface area contributed by atoms with E-state index in [1.54, 1.807) is 12.1 Å². The fourth-order valence-electron chi connectivity index (χ4n) is 2.27. The number of benzene rings is 1. The standard InChI is InChI=1S/C14H16FN3/c1-2-14(18-7-5-17-6-8-18)11-3-4-13(15)12(9-11)10-16/h2-4,9,14,17H,1,5-8H2/t14-/m1/s1. The zero-order valence-corrected chi connectivity index (χ0v) is 10.2. The first-order valence-electron chi connectivity index (χ1n) is 6.03. The smallest absolute Gasteiger partial charge is 0.140 e. The number of nitriles is 1. The molecule has 1 N–H and O–H groups in total. The van der Waals surface area contributed by atoms with Crippen molar-refractivity contribution >= 4 is 0 Å². The lowest BCUT2D eigenvalue weighted by molar-refractivity contribution is 0.203. The van der Waals surface area contributed by atoms with Crippen LogP contribution in [0.2, 0.25) is 0 Å². The Morgan fingerprint density at radius 3 is 2.78 bits per heavy atom. The predicted octanol–water partition coefficient (Wildman–Crippen LogP) is 1.83. The maximum absolute atomic E-state index is 13.3. The van der Waals surface area contributed by atoms with E-state index in [9.17, 15) is 4.39 Å². The lowest BCUT2D eigenvalue weighted by atomic mass is 10.0. The summed E-state index contributed by atoms with van der Waals surface area (Å²) >= 11 is 0. The average Bonchev–Trinajstić information content (AvgIpc) is 2.42. The van der Waals surface area contributed by atoms with Crippen LogP contribution in [0.3, 0.4) is 0 Å². The molecule has 0 saturated carbocycles. The number of nitrogens with zero attached hydrogens (tertiary/aromatic N) is 2. The first-order chi connectivity index (χ1) is 8.76. The molecular formula is C14H16FN3. The Balaban J connectivity index is 2.27. The van der Waals surface area contributed by atoms with E-state index in [0.717, 1.165) is 31.7 Å². The molecule has 94 valence electrons. The number of halogens is 1. The molecule has 0 bridgehead atoms. The lowest BCUT2D eigenvalue weighted by Crippen LogP contribution is -2.44. The lowest BCUT2D eigenvalue weighted by Gasteiger charge is -2.33. The molecule has 1 aromatic carbocycles. The van der Waals surface area contributed by atoms with Crippen LogP contribution in [0.4, 0.5) is 4.39 Å². The van der Waals surface area contributed by atoms with Crippen LogP contribution < -0.4 is 5.32 Å². The van der Waals surface area contributed by atoms with Crippen molar-refractivity contribution in [2.45, 2.75) is 6.04 Å². The topological polar surface area (TPSA) is 39.1 Å². The largest absolute Gasteiger partial charge is 0.314 e. The van der Waals surface area contributed by atoms with Crippen LogP contribution in [0.5, 0.6) is 0 Å².